The number of rotatable bonds is 4. The molecule has 1 unspecified atom stereocenters. The van der Waals surface area contributed by atoms with Gasteiger partial charge in [-0.05, 0) is 32.3 Å². The van der Waals surface area contributed by atoms with Gasteiger partial charge in [0.1, 0.15) is 0 Å². The number of carbonyl (C=O) groups is 1. The van der Waals surface area contributed by atoms with E-state index in [1.54, 1.807) is 6.92 Å². The minimum atomic E-state index is -0.996. The van der Waals surface area contributed by atoms with E-state index in [1.807, 2.05) is 56.3 Å². The van der Waals surface area contributed by atoms with Crippen LogP contribution in [0.2, 0.25) is 0 Å². The maximum atomic E-state index is 12.2. The summed E-state index contributed by atoms with van der Waals surface area (Å²) in [5.74, 6) is 0.383. The van der Waals surface area contributed by atoms with Crippen molar-refractivity contribution < 1.29 is 9.63 Å². The van der Waals surface area contributed by atoms with E-state index in [4.69, 9.17) is 4.84 Å². The number of oxime groups is 1. The van der Waals surface area contributed by atoms with Crippen molar-refractivity contribution in [2.75, 3.05) is 14.1 Å². The lowest BCUT2D eigenvalue weighted by Gasteiger charge is -2.23. The first-order valence-electron chi connectivity index (χ1n) is 7.00. The molecular weight excluding hydrogens is 266 g/mol. The Hall–Kier alpha value is -2.17. The van der Waals surface area contributed by atoms with Crippen molar-refractivity contribution in [1.82, 2.24) is 4.90 Å². The smallest absolute Gasteiger partial charge is 0.367 e. The summed E-state index contributed by atoms with van der Waals surface area (Å²) in [6.07, 6.45) is 1.30. The van der Waals surface area contributed by atoms with E-state index in [-0.39, 0.29) is 0 Å². The van der Waals surface area contributed by atoms with Crippen molar-refractivity contribution in [3.8, 4) is 0 Å². The molecule has 5 nitrogen and oxygen atoms in total. The van der Waals surface area contributed by atoms with Crippen molar-refractivity contribution in [3.05, 3.63) is 35.9 Å². The summed E-state index contributed by atoms with van der Waals surface area (Å²) < 4.78 is 0. The summed E-state index contributed by atoms with van der Waals surface area (Å²) >= 11 is 0. The van der Waals surface area contributed by atoms with Crippen LogP contribution in [0.15, 0.2) is 40.5 Å². The fourth-order valence-electron chi connectivity index (χ4n) is 2.22. The first-order chi connectivity index (χ1) is 9.95. The van der Waals surface area contributed by atoms with E-state index in [0.29, 0.717) is 12.1 Å². The van der Waals surface area contributed by atoms with Gasteiger partial charge in [-0.2, -0.15) is 0 Å². The number of aryl methyl sites for hydroxylation is 1. The molecule has 21 heavy (non-hydrogen) atoms. The molecule has 0 aliphatic carbocycles. The van der Waals surface area contributed by atoms with E-state index in [0.717, 1.165) is 12.3 Å². The molecule has 0 saturated heterocycles. The molecule has 0 fully saturated rings. The number of nitrogens with zero attached hydrogens (tertiary/aromatic N) is 3. The Labute approximate surface area is 125 Å². The summed E-state index contributed by atoms with van der Waals surface area (Å²) in [5.41, 5.74) is 0.788. The molecule has 0 saturated carbocycles. The molecule has 0 radical (unpaired) electrons. The summed E-state index contributed by atoms with van der Waals surface area (Å²) in [7, 11) is 3.80. The minimum absolute atomic E-state index is 0.392. The average molecular weight is 287 g/mol. The topological polar surface area (TPSA) is 54.3 Å². The van der Waals surface area contributed by atoms with Gasteiger partial charge in [0.15, 0.2) is 0 Å². The van der Waals surface area contributed by atoms with Crippen molar-refractivity contribution in [2.45, 2.75) is 32.2 Å². The second kappa shape index (κ2) is 6.08. The molecule has 112 valence electrons. The second-order valence-electron chi connectivity index (χ2n) is 5.45. The van der Waals surface area contributed by atoms with E-state index in [1.165, 1.54) is 5.56 Å². The van der Waals surface area contributed by atoms with Crippen LogP contribution in [0.1, 0.15) is 25.8 Å². The van der Waals surface area contributed by atoms with Crippen molar-refractivity contribution in [3.63, 3.8) is 0 Å². The highest BCUT2D eigenvalue weighted by Crippen LogP contribution is 2.28. The van der Waals surface area contributed by atoms with Gasteiger partial charge in [-0.25, -0.2) is 9.79 Å². The van der Waals surface area contributed by atoms with Gasteiger partial charge in [-0.1, -0.05) is 35.5 Å². The molecule has 1 aliphatic heterocycles. The van der Waals surface area contributed by atoms with Crippen LogP contribution in [0.3, 0.4) is 0 Å². The number of hydrogen-bond acceptors (Lipinski definition) is 4. The van der Waals surface area contributed by atoms with Crippen LogP contribution in [0.4, 0.5) is 0 Å². The highest BCUT2D eigenvalue weighted by molar-refractivity contribution is 6.14. The molecule has 1 aliphatic rings. The zero-order valence-corrected chi connectivity index (χ0v) is 13.0. The van der Waals surface area contributed by atoms with E-state index in [2.05, 4.69) is 10.1 Å². The van der Waals surface area contributed by atoms with Crippen molar-refractivity contribution in [2.24, 2.45) is 10.1 Å². The van der Waals surface area contributed by atoms with Gasteiger partial charge in [-0.3, -0.25) is 0 Å². The van der Waals surface area contributed by atoms with Gasteiger partial charge in [0.25, 0.3) is 0 Å². The summed E-state index contributed by atoms with van der Waals surface area (Å²) in [6, 6.07) is 10.0. The molecule has 1 aromatic carbocycles. The maximum absolute atomic E-state index is 12.2. The lowest BCUT2D eigenvalue weighted by Crippen LogP contribution is -2.42. The molecule has 2 rings (SSSR count). The van der Waals surface area contributed by atoms with Crippen LogP contribution in [-0.2, 0) is 16.1 Å². The van der Waals surface area contributed by atoms with E-state index >= 15 is 0 Å². The number of benzene rings is 1. The normalized spacial score (nSPS) is 22.0. The van der Waals surface area contributed by atoms with Gasteiger partial charge in [-0.15, -0.1) is 0 Å². The Kier molecular flexibility index (Phi) is 4.40. The largest absolute Gasteiger partial charge is 0.368 e. The van der Waals surface area contributed by atoms with Crippen LogP contribution in [0.5, 0.6) is 0 Å². The Morgan fingerprint density at radius 2 is 2.00 bits per heavy atom. The Morgan fingerprint density at radius 3 is 2.52 bits per heavy atom. The Morgan fingerprint density at radius 1 is 1.33 bits per heavy atom. The fourth-order valence-corrected chi connectivity index (χ4v) is 2.22. The van der Waals surface area contributed by atoms with E-state index in [9.17, 15) is 4.79 Å². The molecule has 0 aromatic heterocycles. The average Bonchev–Trinajstić information content (AvgIpc) is 2.74. The van der Waals surface area contributed by atoms with Gasteiger partial charge < -0.3 is 9.74 Å². The third-order valence-corrected chi connectivity index (χ3v) is 3.82. The van der Waals surface area contributed by atoms with Crippen LogP contribution >= 0.6 is 0 Å². The standard InChI is InChI=1S/C16H21N3O2/c1-12-16(15(20)21-18-12,17-13(2)19(3)4)11-10-14-8-6-5-7-9-14/h5-9H,10-11H2,1-4H3. The predicted octanol–water partition coefficient (Wildman–Crippen LogP) is 2.27. The molecule has 1 atom stereocenters. The fraction of sp³-hybridized carbons (Fsp3) is 0.438. The zero-order chi connectivity index (χ0) is 15.5. The van der Waals surface area contributed by atoms with Gasteiger partial charge >= 0.3 is 5.97 Å². The highest BCUT2D eigenvalue weighted by Gasteiger charge is 2.48. The monoisotopic (exact) mass is 287 g/mol. The molecule has 1 aromatic rings. The first-order valence-corrected chi connectivity index (χ1v) is 7.00. The summed E-state index contributed by atoms with van der Waals surface area (Å²) in [4.78, 5) is 23.6. The lowest BCUT2D eigenvalue weighted by molar-refractivity contribution is -0.144. The molecular formula is C16H21N3O2. The van der Waals surface area contributed by atoms with Gasteiger partial charge in [0.05, 0.1) is 11.5 Å². The molecule has 0 bridgehead atoms. The predicted molar refractivity (Wildman–Crippen MR) is 83.5 cm³/mol. The van der Waals surface area contributed by atoms with Gasteiger partial charge in [0.2, 0.25) is 5.54 Å². The number of amidine groups is 1. The van der Waals surface area contributed by atoms with Gasteiger partial charge in [0, 0.05) is 14.1 Å². The minimum Gasteiger partial charge on any atom is -0.367 e. The molecule has 1 heterocycles. The molecule has 0 spiro atoms. The lowest BCUT2D eigenvalue weighted by atomic mass is 9.88. The SMILES string of the molecule is CC(=NC1(CCc2ccccc2)C(=O)ON=C1C)N(C)C. The zero-order valence-electron chi connectivity index (χ0n) is 13.0. The third-order valence-electron chi connectivity index (χ3n) is 3.82. The number of hydrogen-bond donors (Lipinski definition) is 0. The highest BCUT2D eigenvalue weighted by atomic mass is 16.7. The second-order valence-corrected chi connectivity index (χ2v) is 5.45. The Bertz CT molecular complexity index is 578. The number of carbonyl (C=O) groups excluding carboxylic acids is 1. The summed E-state index contributed by atoms with van der Waals surface area (Å²) in [5, 5.41) is 3.84. The first kappa shape index (κ1) is 15.2. The van der Waals surface area contributed by atoms with Crippen LogP contribution in [-0.4, -0.2) is 42.1 Å². The van der Waals surface area contributed by atoms with Crippen LogP contribution < -0.4 is 0 Å². The Balaban J connectivity index is 2.28. The quantitative estimate of drug-likeness (QED) is 0.485. The molecule has 5 heteroatoms. The van der Waals surface area contributed by atoms with Crippen molar-refractivity contribution >= 4 is 17.5 Å². The molecule has 0 amide bonds. The van der Waals surface area contributed by atoms with Crippen LogP contribution in [0, 0.1) is 0 Å². The maximum Gasteiger partial charge on any atom is 0.368 e. The van der Waals surface area contributed by atoms with E-state index < -0.39 is 11.5 Å². The molecule has 0 N–H and O–H groups in total. The van der Waals surface area contributed by atoms with Crippen molar-refractivity contribution in [1.29, 1.82) is 0 Å². The van der Waals surface area contributed by atoms with Crippen LogP contribution in [0.25, 0.3) is 0 Å². The summed E-state index contributed by atoms with van der Waals surface area (Å²) in [6.45, 7) is 3.67. The third kappa shape index (κ3) is 3.12. The number of aliphatic imine (C=N–C) groups is 1.